The Morgan fingerprint density at radius 1 is 0.573 bits per heavy atom. The van der Waals surface area contributed by atoms with Crippen LogP contribution in [0.4, 0.5) is 35.1 Å². The van der Waals surface area contributed by atoms with E-state index in [2.05, 4.69) is 9.97 Å². The second-order valence-electron chi connectivity index (χ2n) is 20.3. The topological polar surface area (TPSA) is 117 Å². The van der Waals surface area contributed by atoms with Crippen molar-refractivity contribution >= 4 is 35.3 Å². The van der Waals surface area contributed by atoms with Crippen LogP contribution in [0.2, 0.25) is 0 Å². The number of halogens is 8. The molecule has 508 valence electrons. The molecule has 2 aliphatic carbocycles. The molecule has 1 unspecified atom stereocenters. The van der Waals surface area contributed by atoms with E-state index in [1.54, 1.807) is 0 Å². The minimum absolute atomic E-state index is 0.0396. The molecule has 8 aromatic rings. The lowest BCUT2D eigenvalue weighted by Crippen LogP contribution is -2.40. The van der Waals surface area contributed by atoms with Crippen molar-refractivity contribution in [3.8, 4) is 22.3 Å². The summed E-state index contributed by atoms with van der Waals surface area (Å²) in [6, 6.07) is -8.38. The van der Waals surface area contributed by atoms with Crippen molar-refractivity contribution < 1.29 is 94.1 Å². The van der Waals surface area contributed by atoms with E-state index in [1.165, 1.54) is 12.1 Å². The van der Waals surface area contributed by atoms with E-state index in [0.29, 0.717) is 26.1 Å². The number of alkyl halides is 6. The first-order valence-electron chi connectivity index (χ1n) is 46.7. The molecule has 0 fully saturated rings. The van der Waals surface area contributed by atoms with Gasteiger partial charge in [0.15, 0.2) is 10.3 Å². The zero-order valence-corrected chi connectivity index (χ0v) is 53.2. The fraction of sp³-hybridized carbons (Fsp3) is 0.378. The number of carbonyl (C=O) groups is 2. The largest absolute Gasteiger partial charge is 0.416 e. The molecule has 0 radical (unpaired) electrons. The van der Waals surface area contributed by atoms with Gasteiger partial charge in [-0.25, -0.2) is 8.78 Å². The zero-order valence-electron chi connectivity index (χ0n) is 87.5. The van der Waals surface area contributed by atoms with Gasteiger partial charge in [0.1, 0.15) is 24.6 Å². The number of thioether (sulfide) groups is 2. The Hall–Kier alpha value is -7.92. The van der Waals surface area contributed by atoms with Gasteiger partial charge in [0.05, 0.1) is 42.7 Å². The number of rotatable bonds is 26. The quantitative estimate of drug-likeness (QED) is 0.0295. The fourth-order valence-electron chi connectivity index (χ4n) is 9.13. The second kappa shape index (κ2) is 32.9. The summed E-state index contributed by atoms with van der Waals surface area (Å²) in [5.74, 6) is -11.1. The van der Waals surface area contributed by atoms with E-state index in [9.17, 15) is 55.7 Å². The van der Waals surface area contributed by atoms with Gasteiger partial charge in [0.2, 0.25) is 11.8 Å². The average molecular weight is 1400 g/mol. The Morgan fingerprint density at radius 2 is 1.04 bits per heavy atom. The number of nitrogens with zero attached hydrogens (tertiary/aromatic N) is 8. The molecular weight excluding hydrogens is 1280 g/mol. The van der Waals surface area contributed by atoms with Gasteiger partial charge in [-0.1, -0.05) is 149 Å². The number of aromatic nitrogens is 4. The van der Waals surface area contributed by atoms with E-state index in [-0.39, 0.29) is 67.8 Å². The molecule has 0 saturated carbocycles. The van der Waals surface area contributed by atoms with Gasteiger partial charge in [-0.3, -0.25) is 19.2 Å². The summed E-state index contributed by atoms with van der Waals surface area (Å²) >= 11 is 0.661. The first-order chi connectivity index (χ1) is 59.8. The number of likely N-dealkylation sites (N-methyl/N-ethyl adjacent to an activating group) is 2. The van der Waals surface area contributed by atoms with E-state index >= 15 is 9.59 Å². The summed E-state index contributed by atoms with van der Waals surface area (Å²) in [4.78, 5) is 66.3. The smallest absolute Gasteiger partial charge is 0.336 e. The number of hydrogen-bond acceptors (Lipinski definition) is 10. The van der Waals surface area contributed by atoms with Crippen molar-refractivity contribution in [1.29, 1.82) is 0 Å². The summed E-state index contributed by atoms with van der Waals surface area (Å²) in [5.41, 5.74) is -12.3. The Morgan fingerprint density at radius 3 is 1.54 bits per heavy atom. The van der Waals surface area contributed by atoms with Crippen LogP contribution in [0.25, 0.3) is 22.3 Å². The Labute approximate surface area is 614 Å². The summed E-state index contributed by atoms with van der Waals surface area (Å²) < 4.78 is 420. The van der Waals surface area contributed by atoms with Gasteiger partial charge in [0.25, 0.3) is 11.1 Å². The van der Waals surface area contributed by atoms with Gasteiger partial charge >= 0.3 is 12.4 Å². The first-order valence-corrected chi connectivity index (χ1v) is 30.6. The highest BCUT2D eigenvalue weighted by Crippen LogP contribution is 2.35. The minimum atomic E-state index is -5.38. The van der Waals surface area contributed by atoms with Crippen LogP contribution in [-0.2, 0) is 85.0 Å². The van der Waals surface area contributed by atoms with Crippen molar-refractivity contribution in [2.24, 2.45) is 5.89 Å². The zero-order chi connectivity index (χ0) is 101. The lowest BCUT2D eigenvalue weighted by Gasteiger charge is -2.28. The number of amides is 2. The van der Waals surface area contributed by atoms with Crippen LogP contribution < -0.4 is 11.1 Å². The molecular formula is C74H80F8N8O4S2. The number of hydrogen-bond donors (Lipinski definition) is 0. The van der Waals surface area contributed by atoms with Crippen molar-refractivity contribution in [2.45, 2.75) is 134 Å². The molecule has 0 saturated heterocycles. The van der Waals surface area contributed by atoms with Crippen molar-refractivity contribution in [1.82, 2.24) is 38.7 Å². The molecule has 2 heterocycles. The summed E-state index contributed by atoms with van der Waals surface area (Å²) in [6.45, 7) is -22.7. The van der Waals surface area contributed by atoms with Crippen molar-refractivity contribution in [3.05, 3.63) is 233 Å². The van der Waals surface area contributed by atoms with E-state index < -0.39 is 317 Å². The monoisotopic (exact) mass is 1400 g/mol. The third-order valence-corrected chi connectivity index (χ3v) is 15.9. The van der Waals surface area contributed by atoms with Crippen LogP contribution in [0.3, 0.4) is 0 Å². The van der Waals surface area contributed by atoms with Crippen LogP contribution in [0, 0.1) is 24.5 Å². The van der Waals surface area contributed by atoms with E-state index in [1.807, 2.05) is 0 Å². The van der Waals surface area contributed by atoms with E-state index in [0.717, 1.165) is 77.9 Å². The summed E-state index contributed by atoms with van der Waals surface area (Å²) in [6.07, 6.45) is -16.4. The van der Waals surface area contributed by atoms with Crippen LogP contribution in [0.5, 0.6) is 0 Å². The van der Waals surface area contributed by atoms with Gasteiger partial charge in [-0.05, 0) is 169 Å². The third-order valence-electron chi connectivity index (χ3n) is 13.9. The molecule has 96 heavy (non-hydrogen) atoms. The second-order valence-corrected chi connectivity index (χ2v) is 22.2. The highest BCUT2D eigenvalue weighted by molar-refractivity contribution is 7.98. The maximum Gasteiger partial charge on any atom is 0.416 e. The van der Waals surface area contributed by atoms with Gasteiger partial charge < -0.3 is 28.7 Å². The normalized spacial score (nSPS) is 22.0. The van der Waals surface area contributed by atoms with Crippen LogP contribution in [-0.4, -0.2) is 103 Å². The molecule has 0 aliphatic heterocycles. The molecule has 0 spiro atoms. The molecule has 0 bridgehead atoms. The molecule has 10 rings (SSSR count). The highest BCUT2D eigenvalue weighted by Gasteiger charge is 2.33. The lowest BCUT2D eigenvalue weighted by molar-refractivity contribution is -0.138. The lowest BCUT2D eigenvalue weighted by atomic mass is 9.98. The minimum Gasteiger partial charge on any atom is -0.336 e. The number of fused-ring (bicyclic) bond motifs is 2. The molecule has 22 heteroatoms. The summed E-state index contributed by atoms with van der Waals surface area (Å²) in [7, 11) is 0. The first kappa shape index (κ1) is 38.3. The fourth-order valence-corrected chi connectivity index (χ4v) is 10.8. The SMILES string of the molecule is [2H]c1c([2H])c(CSc2nc(=O)c3c(n2C([2H])([2H])C(=O)N(CCN(C([2H])([2H])C)C([2H])([2H])C)C([2H])([2H])c2c([2H])c([2H])c(-c4c([2H])c([2H])c(C(F)(F)F)c([2H])c4[2H])c([2H])c2C)CCC3)c([2H])c([2H])c1F.[2H]c1c([2H])c(CSc2nc(=O)c3c(n2C([2H])([2H])C(=O)N(CCN(C([2H])([2H])C)C([2H])([2H])C)C([2H])([2H])c2ccc(-c4ccc(C(F)(F)F)cc4)cc2)C([2H])([2H])C([2H])(C)C3([2H])[2H])c([2H])c([2H])c1F. The highest BCUT2D eigenvalue weighted by atomic mass is 32.2. The van der Waals surface area contributed by atoms with Crippen molar-refractivity contribution in [3.63, 3.8) is 0 Å². The molecule has 6 aromatic carbocycles. The Bertz CT molecular complexity index is 5900. The summed E-state index contributed by atoms with van der Waals surface area (Å²) in [5, 5.41) is -1.58. The maximum absolute atomic E-state index is 15.1. The van der Waals surface area contributed by atoms with Gasteiger partial charge in [0, 0.05) is 91.0 Å². The molecule has 2 aromatic heterocycles. The molecule has 0 N–H and O–H groups in total. The molecule has 2 amide bonds. The average Bonchev–Trinajstić information content (AvgIpc) is 1.51. The van der Waals surface area contributed by atoms with E-state index in [4.69, 9.17) is 38.4 Å². The van der Waals surface area contributed by atoms with Crippen molar-refractivity contribution in [2.75, 3.05) is 52.2 Å². The Kier molecular flexibility index (Phi) is 13.1. The standard InChI is InChI=1S/2C37H40F4N4O2S/c1-4-43(5-2)18-19-44(22-26-6-10-28(11-7-26)29-12-14-30(15-13-29)37(39,40)41)34(46)23-45-33-21-25(3)20-32(33)35(47)42-36(45)48-24-27-8-16-31(38)17-9-27;1-4-43(5-2)19-20-44(22-29-12-11-28(21-25(29)3)27-13-15-30(16-14-27)37(39,40)41)34(46)23-45-33-8-6-7-32(33)35(47)42-36(45)48-24-26-9-17-31(38)18-10-26/h6-17,25H,4-5,18-24H2,1-3H3;9-18,21H,4-8,19-20,22-24H2,1-3H3/i4D2,5D2,8D,9D,16D,17D,20D2,21D2,22D2,23D2,25D;4D2,5D2,9D,10D,11D,12D,13D,14D,15D,16D,17D,18D,21D,22D2,23D2. The number of carbonyl (C=O) groups excluding carboxylic acids is 2. The maximum atomic E-state index is 15.1. The molecule has 2 aliphatic rings. The predicted octanol–water partition coefficient (Wildman–Crippen LogP) is 15.0. The van der Waals surface area contributed by atoms with Gasteiger partial charge in [-0.2, -0.15) is 36.3 Å². The van der Waals surface area contributed by atoms with Gasteiger partial charge in [-0.15, -0.1) is 0 Å². The third kappa shape index (κ3) is 19.0. The van der Waals surface area contributed by atoms with Crippen LogP contribution >= 0.6 is 23.5 Å². The Balaban J connectivity index is 0.000000297. The predicted molar refractivity (Wildman–Crippen MR) is 362 cm³/mol. The van der Waals surface area contributed by atoms with Crippen LogP contribution in [0.1, 0.15) is 152 Å². The molecule has 12 nitrogen and oxygen atoms in total. The number of benzene rings is 6. The van der Waals surface area contributed by atoms with Crippen LogP contribution in [0.15, 0.2) is 159 Å². The molecule has 1 atom stereocenters.